The molecule has 0 spiro atoms. The van der Waals surface area contributed by atoms with Crippen molar-refractivity contribution < 1.29 is 13.6 Å². The maximum Gasteiger partial charge on any atom is 0.297 e. The van der Waals surface area contributed by atoms with Crippen LogP contribution in [-0.2, 0) is 0 Å². The van der Waals surface area contributed by atoms with E-state index < -0.39 is 12.2 Å². The molecule has 1 N–H and O–H groups in total. The Balaban J connectivity index is 1.57. The highest BCUT2D eigenvalue weighted by atomic mass is 19.3. The van der Waals surface area contributed by atoms with Crippen molar-refractivity contribution in [1.29, 1.82) is 0 Å². The highest BCUT2D eigenvalue weighted by Gasteiger charge is 2.28. The van der Waals surface area contributed by atoms with Crippen LogP contribution in [-0.4, -0.2) is 26.5 Å². The van der Waals surface area contributed by atoms with Crippen LogP contribution in [0.15, 0.2) is 48.7 Å². The molecular formula is C20H20F2N4O. The summed E-state index contributed by atoms with van der Waals surface area (Å²) in [5.74, 6) is -0.461. The SMILES string of the molecule is O=C(NC1CCCCC1c1ccccc1)c1ccc2nnc(C(F)F)n2c1. The first-order valence-corrected chi connectivity index (χ1v) is 9.12. The predicted molar refractivity (Wildman–Crippen MR) is 96.8 cm³/mol. The van der Waals surface area contributed by atoms with E-state index in [0.29, 0.717) is 11.2 Å². The summed E-state index contributed by atoms with van der Waals surface area (Å²) in [5, 5.41) is 10.3. The normalized spacial score (nSPS) is 20.1. The third kappa shape index (κ3) is 3.54. The largest absolute Gasteiger partial charge is 0.349 e. The van der Waals surface area contributed by atoms with E-state index >= 15 is 0 Å². The summed E-state index contributed by atoms with van der Waals surface area (Å²) in [6.07, 6.45) is 2.76. The van der Waals surface area contributed by atoms with Crippen LogP contribution in [0.25, 0.3) is 5.65 Å². The fraction of sp³-hybridized carbons (Fsp3) is 0.350. The first-order valence-electron chi connectivity index (χ1n) is 9.12. The van der Waals surface area contributed by atoms with Crippen molar-refractivity contribution in [2.75, 3.05) is 0 Å². The minimum atomic E-state index is -2.75. The van der Waals surface area contributed by atoms with Gasteiger partial charge in [0.2, 0.25) is 5.82 Å². The summed E-state index contributed by atoms with van der Waals surface area (Å²) in [7, 11) is 0. The molecule has 5 nitrogen and oxygen atoms in total. The Hall–Kier alpha value is -2.83. The summed E-state index contributed by atoms with van der Waals surface area (Å²) < 4.78 is 27.3. The molecule has 7 heteroatoms. The summed E-state index contributed by atoms with van der Waals surface area (Å²) >= 11 is 0. The molecule has 0 bridgehead atoms. The number of hydrogen-bond donors (Lipinski definition) is 1. The van der Waals surface area contributed by atoms with Gasteiger partial charge in [-0.25, -0.2) is 8.78 Å². The molecule has 2 aromatic heterocycles. The predicted octanol–water partition coefficient (Wildman–Crippen LogP) is 4.12. The summed E-state index contributed by atoms with van der Waals surface area (Å²) in [6.45, 7) is 0. The molecule has 1 fully saturated rings. The van der Waals surface area contributed by atoms with E-state index in [0.717, 1.165) is 25.7 Å². The number of alkyl halides is 2. The first kappa shape index (κ1) is 17.6. The number of halogens is 2. The number of rotatable bonds is 4. The molecule has 27 heavy (non-hydrogen) atoms. The van der Waals surface area contributed by atoms with Crippen molar-refractivity contribution in [2.45, 2.75) is 44.1 Å². The van der Waals surface area contributed by atoms with E-state index in [2.05, 4.69) is 27.6 Å². The van der Waals surface area contributed by atoms with E-state index in [1.165, 1.54) is 22.2 Å². The van der Waals surface area contributed by atoms with Crippen LogP contribution in [0.4, 0.5) is 8.78 Å². The van der Waals surface area contributed by atoms with Crippen LogP contribution >= 0.6 is 0 Å². The van der Waals surface area contributed by atoms with Crippen LogP contribution in [0.3, 0.4) is 0 Å². The number of fused-ring (bicyclic) bond motifs is 1. The molecule has 0 radical (unpaired) electrons. The van der Waals surface area contributed by atoms with Gasteiger partial charge in [0, 0.05) is 18.2 Å². The maximum atomic E-state index is 13.1. The van der Waals surface area contributed by atoms with Gasteiger partial charge in [-0.05, 0) is 30.5 Å². The number of carbonyl (C=O) groups excluding carboxylic acids is 1. The van der Waals surface area contributed by atoms with Crippen molar-refractivity contribution in [3.8, 4) is 0 Å². The molecule has 0 aliphatic heterocycles. The molecule has 1 aliphatic carbocycles. The first-order chi connectivity index (χ1) is 13.1. The van der Waals surface area contributed by atoms with Gasteiger partial charge in [-0.15, -0.1) is 10.2 Å². The zero-order chi connectivity index (χ0) is 18.8. The average Bonchev–Trinajstić information content (AvgIpc) is 3.12. The smallest absolute Gasteiger partial charge is 0.297 e. The topological polar surface area (TPSA) is 59.3 Å². The Morgan fingerprint density at radius 2 is 1.85 bits per heavy atom. The van der Waals surface area contributed by atoms with Crippen molar-refractivity contribution in [2.24, 2.45) is 0 Å². The molecular weight excluding hydrogens is 350 g/mol. The molecule has 0 saturated heterocycles. The van der Waals surface area contributed by atoms with E-state index in [-0.39, 0.29) is 17.9 Å². The van der Waals surface area contributed by atoms with Crippen LogP contribution in [0.1, 0.15) is 59.8 Å². The van der Waals surface area contributed by atoms with Crippen LogP contribution in [0.2, 0.25) is 0 Å². The van der Waals surface area contributed by atoms with Gasteiger partial charge >= 0.3 is 0 Å². The standard InChI is InChI=1S/C20H20F2N4O/c21-18(22)19-25-24-17-11-10-14(12-26(17)19)20(27)23-16-9-5-4-8-15(16)13-6-2-1-3-7-13/h1-3,6-7,10-12,15-16,18H,4-5,8-9H2,(H,23,27). The number of nitrogens with one attached hydrogen (secondary N) is 1. The molecule has 2 heterocycles. The third-order valence-corrected chi connectivity index (χ3v) is 5.20. The van der Waals surface area contributed by atoms with E-state index in [1.807, 2.05) is 18.2 Å². The summed E-state index contributed by atoms with van der Waals surface area (Å²) in [4.78, 5) is 12.8. The Morgan fingerprint density at radius 3 is 2.63 bits per heavy atom. The molecule has 140 valence electrons. The van der Waals surface area contributed by atoms with Crippen molar-refractivity contribution in [1.82, 2.24) is 19.9 Å². The quantitative estimate of drug-likeness (QED) is 0.751. The minimum absolute atomic E-state index is 0.0276. The van der Waals surface area contributed by atoms with Crippen molar-refractivity contribution in [3.05, 3.63) is 65.6 Å². The van der Waals surface area contributed by atoms with E-state index in [4.69, 9.17) is 0 Å². The Bertz CT molecular complexity index is 942. The molecule has 3 aromatic rings. The Morgan fingerprint density at radius 1 is 1.07 bits per heavy atom. The summed E-state index contributed by atoms with van der Waals surface area (Å²) in [6, 6.07) is 13.3. The number of amides is 1. The summed E-state index contributed by atoms with van der Waals surface area (Å²) in [5.41, 5.74) is 1.83. The number of aromatic nitrogens is 3. The number of hydrogen-bond acceptors (Lipinski definition) is 3. The van der Waals surface area contributed by atoms with Gasteiger partial charge in [-0.2, -0.15) is 0 Å². The second-order valence-electron chi connectivity index (χ2n) is 6.89. The lowest BCUT2D eigenvalue weighted by atomic mass is 9.80. The third-order valence-electron chi connectivity index (χ3n) is 5.20. The monoisotopic (exact) mass is 370 g/mol. The number of carbonyl (C=O) groups is 1. The fourth-order valence-corrected chi connectivity index (χ4v) is 3.85. The Kier molecular flexibility index (Phi) is 4.83. The number of nitrogens with zero attached hydrogens (tertiary/aromatic N) is 3. The van der Waals surface area contributed by atoms with Crippen molar-refractivity contribution >= 4 is 11.6 Å². The molecule has 2 atom stereocenters. The van der Waals surface area contributed by atoms with E-state index in [1.54, 1.807) is 6.07 Å². The van der Waals surface area contributed by atoms with E-state index in [9.17, 15) is 13.6 Å². The Labute approximate surface area is 155 Å². The number of benzene rings is 1. The maximum absolute atomic E-state index is 13.1. The molecule has 1 aromatic carbocycles. The highest BCUT2D eigenvalue weighted by molar-refractivity contribution is 5.94. The highest BCUT2D eigenvalue weighted by Crippen LogP contribution is 2.33. The number of pyridine rings is 1. The van der Waals surface area contributed by atoms with Gasteiger partial charge in [0.15, 0.2) is 5.65 Å². The van der Waals surface area contributed by atoms with Gasteiger partial charge in [0.05, 0.1) is 5.56 Å². The fourth-order valence-electron chi connectivity index (χ4n) is 3.85. The second-order valence-corrected chi connectivity index (χ2v) is 6.89. The zero-order valence-corrected chi connectivity index (χ0v) is 14.7. The lowest BCUT2D eigenvalue weighted by Crippen LogP contribution is -2.41. The van der Waals surface area contributed by atoms with Crippen molar-refractivity contribution in [3.63, 3.8) is 0 Å². The second kappa shape index (κ2) is 7.42. The van der Waals surface area contributed by atoms with Gasteiger partial charge in [0.25, 0.3) is 12.3 Å². The van der Waals surface area contributed by atoms with Gasteiger partial charge in [0.1, 0.15) is 0 Å². The van der Waals surface area contributed by atoms with Crippen LogP contribution < -0.4 is 5.32 Å². The molecule has 2 unspecified atom stereocenters. The molecule has 1 aliphatic rings. The molecule has 1 amide bonds. The van der Waals surface area contributed by atoms with Gasteiger partial charge < -0.3 is 5.32 Å². The van der Waals surface area contributed by atoms with Gasteiger partial charge in [-0.1, -0.05) is 43.2 Å². The lowest BCUT2D eigenvalue weighted by molar-refractivity contribution is 0.0919. The molecule has 1 saturated carbocycles. The molecule has 4 rings (SSSR count). The minimum Gasteiger partial charge on any atom is -0.349 e. The lowest BCUT2D eigenvalue weighted by Gasteiger charge is -2.32. The van der Waals surface area contributed by atoms with Crippen LogP contribution in [0.5, 0.6) is 0 Å². The van der Waals surface area contributed by atoms with Crippen LogP contribution in [0, 0.1) is 0 Å². The zero-order valence-electron chi connectivity index (χ0n) is 14.7. The van der Waals surface area contributed by atoms with Gasteiger partial charge in [-0.3, -0.25) is 9.20 Å². The average molecular weight is 370 g/mol.